The van der Waals surface area contributed by atoms with Gasteiger partial charge in [-0.1, -0.05) is 0 Å². The lowest BCUT2D eigenvalue weighted by atomic mass is 10.2. The molecule has 0 fully saturated rings. The Labute approximate surface area is 131 Å². The van der Waals surface area contributed by atoms with Gasteiger partial charge < -0.3 is 20.5 Å². The van der Waals surface area contributed by atoms with Crippen molar-refractivity contribution in [3.05, 3.63) is 0 Å². The van der Waals surface area contributed by atoms with Gasteiger partial charge in [-0.2, -0.15) is 0 Å². The van der Waals surface area contributed by atoms with E-state index in [2.05, 4.69) is 10.6 Å². The second-order valence-electron chi connectivity index (χ2n) is 6.09. The quantitative estimate of drug-likeness (QED) is 0.535. The molecular weight excluding hydrogens is 288 g/mol. The topological polar surface area (TPSA) is 105 Å². The van der Waals surface area contributed by atoms with Gasteiger partial charge in [-0.25, -0.2) is 4.79 Å². The van der Waals surface area contributed by atoms with E-state index in [1.165, 1.54) is 0 Å². The molecule has 0 bridgehead atoms. The smallest absolute Gasteiger partial charge is 0.407 e. The molecule has 7 nitrogen and oxygen atoms in total. The fourth-order valence-electron chi connectivity index (χ4n) is 1.63. The van der Waals surface area contributed by atoms with Gasteiger partial charge in [0.05, 0.1) is 0 Å². The summed E-state index contributed by atoms with van der Waals surface area (Å²) in [5.74, 6) is -0.900. The Hall–Kier alpha value is -1.79. The Morgan fingerprint density at radius 1 is 0.909 bits per heavy atom. The number of rotatable bonds is 10. The van der Waals surface area contributed by atoms with Crippen LogP contribution in [0.3, 0.4) is 0 Å². The first-order valence-electron chi connectivity index (χ1n) is 7.66. The summed E-state index contributed by atoms with van der Waals surface area (Å²) >= 11 is 0. The molecule has 0 atom stereocenters. The number of carboxylic acid groups (broad SMARTS) is 1. The number of hydrogen-bond acceptors (Lipinski definition) is 4. The maximum atomic E-state index is 11.4. The molecule has 0 unspecified atom stereocenters. The van der Waals surface area contributed by atoms with Crippen molar-refractivity contribution < 1.29 is 24.2 Å². The third kappa shape index (κ3) is 14.6. The number of aliphatic carboxylic acids is 1. The third-order valence-electron chi connectivity index (χ3n) is 2.64. The summed E-state index contributed by atoms with van der Waals surface area (Å²) in [5, 5.41) is 13.9. The molecule has 3 N–H and O–H groups in total. The van der Waals surface area contributed by atoms with E-state index in [-0.39, 0.29) is 12.3 Å². The SMILES string of the molecule is CC(C)(C)OC(=O)NCCCCNC(=O)CCCCC(=O)O. The van der Waals surface area contributed by atoms with Crippen molar-refractivity contribution in [2.45, 2.75) is 64.9 Å². The van der Waals surface area contributed by atoms with Crippen LogP contribution in [0.5, 0.6) is 0 Å². The summed E-state index contributed by atoms with van der Waals surface area (Å²) in [4.78, 5) is 33.1. The second-order valence-corrected chi connectivity index (χ2v) is 6.09. The zero-order valence-electron chi connectivity index (χ0n) is 13.7. The number of alkyl carbamates (subject to hydrolysis) is 1. The maximum Gasteiger partial charge on any atom is 0.407 e. The number of carboxylic acids is 1. The molecule has 0 aromatic heterocycles. The average molecular weight is 316 g/mol. The molecule has 22 heavy (non-hydrogen) atoms. The number of carbonyl (C=O) groups is 3. The molecule has 2 amide bonds. The van der Waals surface area contributed by atoms with E-state index in [9.17, 15) is 14.4 Å². The molecule has 0 spiro atoms. The summed E-state index contributed by atoms with van der Waals surface area (Å²) in [6, 6.07) is 0. The van der Waals surface area contributed by atoms with Gasteiger partial charge in [-0.15, -0.1) is 0 Å². The van der Waals surface area contributed by atoms with Crippen LogP contribution in [0.1, 0.15) is 59.3 Å². The van der Waals surface area contributed by atoms with Crippen LogP contribution in [-0.2, 0) is 14.3 Å². The Balaban J connectivity index is 3.44. The van der Waals surface area contributed by atoms with E-state index in [1.54, 1.807) is 20.8 Å². The van der Waals surface area contributed by atoms with Gasteiger partial charge >= 0.3 is 12.1 Å². The van der Waals surface area contributed by atoms with Crippen LogP contribution in [-0.4, -0.2) is 41.8 Å². The lowest BCUT2D eigenvalue weighted by molar-refractivity contribution is -0.137. The van der Waals surface area contributed by atoms with E-state index in [1.807, 2.05) is 0 Å². The molecule has 0 aromatic rings. The first kappa shape index (κ1) is 20.2. The molecule has 0 aliphatic heterocycles. The van der Waals surface area contributed by atoms with Crippen molar-refractivity contribution in [1.82, 2.24) is 10.6 Å². The van der Waals surface area contributed by atoms with Crippen LogP contribution in [0.2, 0.25) is 0 Å². The van der Waals surface area contributed by atoms with Crippen LogP contribution in [0.4, 0.5) is 4.79 Å². The Bertz CT molecular complexity index is 363. The second kappa shape index (κ2) is 10.9. The Morgan fingerprint density at radius 2 is 1.45 bits per heavy atom. The van der Waals surface area contributed by atoms with Crippen molar-refractivity contribution >= 4 is 18.0 Å². The lowest BCUT2D eigenvalue weighted by Crippen LogP contribution is -2.33. The van der Waals surface area contributed by atoms with E-state index in [0.29, 0.717) is 32.4 Å². The first-order valence-corrected chi connectivity index (χ1v) is 7.66. The normalized spacial score (nSPS) is 10.9. The molecule has 0 aliphatic rings. The van der Waals surface area contributed by atoms with Crippen LogP contribution >= 0.6 is 0 Å². The van der Waals surface area contributed by atoms with Gasteiger partial charge in [0.15, 0.2) is 0 Å². The average Bonchev–Trinajstić information content (AvgIpc) is 2.36. The number of ether oxygens (including phenoxy) is 1. The number of nitrogens with one attached hydrogen (secondary N) is 2. The molecule has 128 valence electrons. The van der Waals surface area contributed by atoms with Crippen molar-refractivity contribution in [3.8, 4) is 0 Å². The highest BCUT2D eigenvalue weighted by molar-refractivity contribution is 5.75. The highest BCUT2D eigenvalue weighted by atomic mass is 16.6. The van der Waals surface area contributed by atoms with Crippen molar-refractivity contribution in [2.24, 2.45) is 0 Å². The van der Waals surface area contributed by atoms with Gasteiger partial charge in [0.1, 0.15) is 5.60 Å². The minimum Gasteiger partial charge on any atom is -0.481 e. The number of unbranched alkanes of at least 4 members (excludes halogenated alkanes) is 2. The largest absolute Gasteiger partial charge is 0.481 e. The fourth-order valence-corrected chi connectivity index (χ4v) is 1.63. The van der Waals surface area contributed by atoms with Crippen LogP contribution in [0.15, 0.2) is 0 Å². The number of carbonyl (C=O) groups excluding carboxylic acids is 2. The highest BCUT2D eigenvalue weighted by Gasteiger charge is 2.15. The van der Waals surface area contributed by atoms with Crippen LogP contribution < -0.4 is 10.6 Å². The molecule has 0 heterocycles. The monoisotopic (exact) mass is 316 g/mol. The maximum absolute atomic E-state index is 11.4. The highest BCUT2D eigenvalue weighted by Crippen LogP contribution is 2.06. The van der Waals surface area contributed by atoms with Crippen LogP contribution in [0, 0.1) is 0 Å². The van der Waals surface area contributed by atoms with Crippen LogP contribution in [0.25, 0.3) is 0 Å². The molecule has 0 aliphatic carbocycles. The molecule has 7 heteroatoms. The summed E-state index contributed by atoms with van der Waals surface area (Å²) in [5.41, 5.74) is -0.501. The van der Waals surface area contributed by atoms with E-state index in [4.69, 9.17) is 9.84 Å². The number of hydrogen-bond donors (Lipinski definition) is 3. The first-order chi connectivity index (χ1) is 10.2. The third-order valence-corrected chi connectivity index (χ3v) is 2.64. The fraction of sp³-hybridized carbons (Fsp3) is 0.800. The van der Waals surface area contributed by atoms with Gasteiger partial charge in [0.25, 0.3) is 0 Å². The van der Waals surface area contributed by atoms with E-state index < -0.39 is 17.7 Å². The van der Waals surface area contributed by atoms with Gasteiger partial charge in [0.2, 0.25) is 5.91 Å². The minimum absolute atomic E-state index is 0.0644. The molecule has 0 saturated heterocycles. The predicted molar refractivity (Wildman–Crippen MR) is 82.6 cm³/mol. The standard InChI is InChI=1S/C15H28N2O5/c1-15(2,3)22-14(21)17-11-7-6-10-16-12(18)8-4-5-9-13(19)20/h4-11H2,1-3H3,(H,16,18)(H,17,21)(H,19,20). The summed E-state index contributed by atoms with van der Waals surface area (Å²) < 4.78 is 5.09. The Kier molecular flexibility index (Phi) is 9.98. The summed E-state index contributed by atoms with van der Waals surface area (Å²) in [6.45, 7) is 6.47. The molecule has 0 aromatic carbocycles. The van der Waals surface area contributed by atoms with Crippen molar-refractivity contribution in [2.75, 3.05) is 13.1 Å². The lowest BCUT2D eigenvalue weighted by Gasteiger charge is -2.19. The zero-order valence-corrected chi connectivity index (χ0v) is 13.7. The van der Waals surface area contributed by atoms with Gasteiger partial charge in [0, 0.05) is 25.9 Å². The van der Waals surface area contributed by atoms with Gasteiger partial charge in [-0.05, 0) is 46.5 Å². The summed E-state index contributed by atoms with van der Waals surface area (Å²) in [7, 11) is 0. The Morgan fingerprint density at radius 3 is 2.00 bits per heavy atom. The minimum atomic E-state index is -0.835. The summed E-state index contributed by atoms with van der Waals surface area (Å²) in [6.07, 6.45) is 2.62. The van der Waals surface area contributed by atoms with E-state index >= 15 is 0 Å². The van der Waals surface area contributed by atoms with Gasteiger partial charge in [-0.3, -0.25) is 9.59 Å². The van der Waals surface area contributed by atoms with E-state index in [0.717, 1.165) is 12.8 Å². The number of amides is 2. The van der Waals surface area contributed by atoms with Crippen molar-refractivity contribution in [3.63, 3.8) is 0 Å². The van der Waals surface area contributed by atoms with Crippen molar-refractivity contribution in [1.29, 1.82) is 0 Å². The predicted octanol–water partition coefficient (Wildman–Crippen LogP) is 2.05. The molecule has 0 rings (SSSR count). The zero-order chi connectivity index (χ0) is 17.0. The molecule has 0 saturated carbocycles. The molecule has 0 radical (unpaired) electrons. The molecular formula is C15H28N2O5.